The van der Waals surface area contributed by atoms with Gasteiger partial charge in [-0.25, -0.2) is 0 Å². The monoisotopic (exact) mass is 156 g/mol. The van der Waals surface area contributed by atoms with Gasteiger partial charge in [-0.3, -0.25) is 0 Å². The molecule has 0 radical (unpaired) electrons. The molecular weight excluding hydrogens is 144 g/mol. The van der Waals surface area contributed by atoms with Crippen molar-refractivity contribution in [2.75, 3.05) is 0 Å². The van der Waals surface area contributed by atoms with Gasteiger partial charge >= 0.3 is 0 Å². The minimum absolute atomic E-state index is 0.965. The molecule has 4 heteroatoms. The average Bonchev–Trinajstić information content (AvgIpc) is 2.11. The van der Waals surface area contributed by atoms with E-state index < -0.39 is 8.07 Å². The Morgan fingerprint density at radius 3 is 2.30 bits per heavy atom. The summed E-state index contributed by atoms with van der Waals surface area (Å²) in [5.74, 6) is 0. The van der Waals surface area contributed by atoms with E-state index in [1.54, 1.807) is 6.20 Å². The summed E-state index contributed by atoms with van der Waals surface area (Å²) >= 11 is 0. The highest BCUT2D eigenvalue weighted by atomic mass is 28.3. The molecule has 3 nitrogen and oxygen atoms in total. The molecule has 0 atom stereocenters. The Kier molecular flexibility index (Phi) is 1.56. The van der Waals surface area contributed by atoms with Crippen molar-refractivity contribution in [3.63, 3.8) is 0 Å². The zero-order valence-electron chi connectivity index (χ0n) is 6.50. The lowest BCUT2D eigenvalue weighted by atomic mass is 10.8. The molecule has 1 aromatic rings. The Labute approximate surface area is 61.3 Å². The van der Waals surface area contributed by atoms with Gasteiger partial charge in [-0.15, -0.1) is 9.94 Å². The van der Waals surface area contributed by atoms with Gasteiger partial charge in [-0.05, 0) is 6.07 Å². The van der Waals surface area contributed by atoms with E-state index >= 15 is 0 Å². The van der Waals surface area contributed by atoms with Crippen LogP contribution in [0.25, 0.3) is 0 Å². The van der Waals surface area contributed by atoms with E-state index in [-0.39, 0.29) is 0 Å². The summed E-state index contributed by atoms with van der Waals surface area (Å²) in [5.41, 5.74) is 0. The van der Waals surface area contributed by atoms with Crippen LogP contribution in [0.5, 0.6) is 0 Å². The van der Waals surface area contributed by atoms with Gasteiger partial charge in [0.05, 0.1) is 11.5 Å². The molecule has 0 aliphatic carbocycles. The molecule has 56 valence electrons. The molecule has 0 saturated heterocycles. The second kappa shape index (κ2) is 2.12. The topological polar surface area (TPSA) is 38.0 Å². The summed E-state index contributed by atoms with van der Waals surface area (Å²) in [6, 6.07) is 1.87. The predicted octanol–water partition coefficient (Wildman–Crippen LogP) is 0.666. The van der Waals surface area contributed by atoms with Crippen LogP contribution in [0.15, 0.2) is 12.3 Å². The van der Waals surface area contributed by atoms with Gasteiger partial charge in [0.25, 0.3) is 0 Å². The summed E-state index contributed by atoms with van der Waals surface area (Å²) in [6.45, 7) is 6.49. The Bertz CT molecular complexity index is 226. The van der Waals surface area contributed by atoms with E-state index in [2.05, 4.69) is 24.7 Å². The second-order valence-corrected chi connectivity index (χ2v) is 8.37. The number of rotatable bonds is 1. The third-order valence-electron chi connectivity index (χ3n) is 1.39. The molecule has 0 fully saturated rings. The molecule has 0 aliphatic rings. The molecule has 0 spiro atoms. The predicted molar refractivity (Wildman–Crippen MR) is 42.4 cm³/mol. The highest BCUT2D eigenvalue weighted by Gasteiger charge is 2.20. The fraction of sp³-hybridized carbons (Fsp3) is 0.500. The first-order valence-electron chi connectivity index (χ1n) is 3.25. The molecule has 0 unspecified atom stereocenters. The lowest BCUT2D eigenvalue weighted by Crippen LogP contribution is -2.42. The lowest BCUT2D eigenvalue weighted by Gasteiger charge is -2.13. The quantitative estimate of drug-likeness (QED) is 0.479. The Morgan fingerprint density at radius 1 is 1.50 bits per heavy atom. The average molecular weight is 156 g/mol. The van der Waals surface area contributed by atoms with Gasteiger partial charge in [-0.2, -0.15) is 0 Å². The summed E-state index contributed by atoms with van der Waals surface area (Å²) in [5, 5.41) is 13.8. The first-order chi connectivity index (χ1) is 4.52. The van der Waals surface area contributed by atoms with E-state index in [1.165, 1.54) is 0 Å². The molecule has 10 heavy (non-hydrogen) atoms. The van der Waals surface area contributed by atoms with Crippen LogP contribution in [0, 0.1) is 0 Å². The first-order valence-corrected chi connectivity index (χ1v) is 6.75. The van der Waals surface area contributed by atoms with Crippen molar-refractivity contribution in [1.82, 2.24) is 9.94 Å². The van der Waals surface area contributed by atoms with Crippen molar-refractivity contribution < 1.29 is 5.21 Å². The number of hydrogen-bond acceptors (Lipinski definition) is 2. The van der Waals surface area contributed by atoms with Crippen molar-refractivity contribution in [3.05, 3.63) is 12.3 Å². The van der Waals surface area contributed by atoms with Crippen molar-refractivity contribution in [2.45, 2.75) is 19.6 Å². The summed E-state index contributed by atoms with van der Waals surface area (Å²) in [7, 11) is -1.38. The van der Waals surface area contributed by atoms with Gasteiger partial charge in [0.2, 0.25) is 0 Å². The number of aromatic nitrogens is 2. The highest BCUT2D eigenvalue weighted by molar-refractivity contribution is 6.88. The highest BCUT2D eigenvalue weighted by Crippen LogP contribution is 1.99. The molecule has 0 saturated carbocycles. The summed E-state index contributed by atoms with van der Waals surface area (Å²) in [6.07, 6.45) is 1.62. The third-order valence-corrected chi connectivity index (χ3v) is 3.30. The Balaban J connectivity index is 3.05. The fourth-order valence-electron chi connectivity index (χ4n) is 0.846. The van der Waals surface area contributed by atoms with Crippen molar-refractivity contribution >= 4 is 13.4 Å². The first kappa shape index (κ1) is 7.34. The van der Waals surface area contributed by atoms with Gasteiger partial charge < -0.3 is 5.21 Å². The standard InChI is InChI=1S/C6H12N2OSi/c1-10(2,3)6-4-5-7-8(6)9/h4-5,9H,1-3H3. The molecule has 1 heterocycles. The van der Waals surface area contributed by atoms with Crippen LogP contribution in [0.2, 0.25) is 19.6 Å². The van der Waals surface area contributed by atoms with Gasteiger partial charge in [0.1, 0.15) is 8.07 Å². The van der Waals surface area contributed by atoms with E-state index in [1.807, 2.05) is 6.07 Å². The van der Waals surface area contributed by atoms with Crippen LogP contribution in [0.1, 0.15) is 0 Å². The van der Waals surface area contributed by atoms with Crippen LogP contribution < -0.4 is 5.32 Å². The molecule has 0 aromatic carbocycles. The van der Waals surface area contributed by atoms with Gasteiger partial charge in [0, 0.05) is 0 Å². The number of nitrogens with zero attached hydrogens (tertiary/aromatic N) is 2. The maximum atomic E-state index is 9.13. The zero-order valence-corrected chi connectivity index (χ0v) is 7.50. The largest absolute Gasteiger partial charge is 0.412 e. The van der Waals surface area contributed by atoms with Crippen LogP contribution in [-0.4, -0.2) is 23.2 Å². The second-order valence-electron chi connectivity index (χ2n) is 3.36. The molecule has 1 N–H and O–H groups in total. The van der Waals surface area contributed by atoms with Crippen LogP contribution in [0.4, 0.5) is 0 Å². The minimum atomic E-state index is -1.38. The zero-order chi connectivity index (χ0) is 7.78. The molecule has 0 amide bonds. The van der Waals surface area contributed by atoms with Gasteiger partial charge in [0.15, 0.2) is 0 Å². The van der Waals surface area contributed by atoms with Crippen molar-refractivity contribution in [3.8, 4) is 0 Å². The van der Waals surface area contributed by atoms with Crippen LogP contribution in [-0.2, 0) is 0 Å². The van der Waals surface area contributed by atoms with E-state index in [0.29, 0.717) is 0 Å². The summed E-state index contributed by atoms with van der Waals surface area (Å²) in [4.78, 5) is 0.978. The van der Waals surface area contributed by atoms with E-state index in [9.17, 15) is 0 Å². The summed E-state index contributed by atoms with van der Waals surface area (Å²) < 4.78 is 0. The number of hydrogen-bond donors (Lipinski definition) is 1. The molecule has 1 rings (SSSR count). The minimum Gasteiger partial charge on any atom is -0.412 e. The Morgan fingerprint density at radius 2 is 2.10 bits per heavy atom. The Hall–Kier alpha value is -0.773. The molecule has 0 bridgehead atoms. The van der Waals surface area contributed by atoms with E-state index in [0.717, 1.165) is 10.2 Å². The van der Waals surface area contributed by atoms with E-state index in [4.69, 9.17) is 5.21 Å². The molecular formula is C6H12N2OSi. The molecule has 0 aliphatic heterocycles. The SMILES string of the molecule is C[Si](C)(C)c1ccnn1O. The third kappa shape index (κ3) is 1.21. The normalized spacial score (nSPS) is 11.9. The molecule has 1 aromatic heterocycles. The lowest BCUT2D eigenvalue weighted by molar-refractivity contribution is 0.157. The van der Waals surface area contributed by atoms with Crippen molar-refractivity contribution in [1.29, 1.82) is 0 Å². The van der Waals surface area contributed by atoms with Crippen molar-refractivity contribution in [2.24, 2.45) is 0 Å². The van der Waals surface area contributed by atoms with Crippen LogP contribution >= 0.6 is 0 Å². The maximum Gasteiger partial charge on any atom is 0.106 e. The maximum absolute atomic E-state index is 9.13. The fourth-order valence-corrected chi connectivity index (χ4v) is 2.08. The van der Waals surface area contributed by atoms with Gasteiger partial charge in [-0.1, -0.05) is 19.6 Å². The van der Waals surface area contributed by atoms with Crippen LogP contribution in [0.3, 0.4) is 0 Å². The smallest absolute Gasteiger partial charge is 0.106 e.